The van der Waals surface area contributed by atoms with E-state index in [1.807, 2.05) is 67.6 Å². The molecule has 0 aliphatic rings. The third kappa shape index (κ3) is 4.38. The highest BCUT2D eigenvalue weighted by Gasteiger charge is 2.11. The minimum absolute atomic E-state index is 0.0787. The van der Waals surface area contributed by atoms with Gasteiger partial charge in [-0.3, -0.25) is 4.79 Å². The molecule has 30 heavy (non-hydrogen) atoms. The number of nitrogens with one attached hydrogen (secondary N) is 1. The lowest BCUT2D eigenvalue weighted by Crippen LogP contribution is -2.29. The largest absolute Gasteiger partial charge is 0.497 e. The summed E-state index contributed by atoms with van der Waals surface area (Å²) in [7, 11) is 1.63. The highest BCUT2D eigenvalue weighted by atomic mass is 16.5. The molecule has 0 spiro atoms. The van der Waals surface area contributed by atoms with Gasteiger partial charge in [0.2, 0.25) is 0 Å². The Bertz CT molecular complexity index is 1170. The molecule has 0 aliphatic carbocycles. The van der Waals surface area contributed by atoms with E-state index in [4.69, 9.17) is 9.47 Å². The van der Waals surface area contributed by atoms with Gasteiger partial charge in [-0.2, -0.15) is 9.61 Å². The zero-order valence-corrected chi connectivity index (χ0v) is 16.7. The van der Waals surface area contributed by atoms with E-state index in [1.165, 1.54) is 0 Å². The maximum Gasteiger partial charge on any atom is 0.258 e. The molecule has 0 unspecified atom stereocenters. The SMILES string of the molecule is COc1ccc(-c2ccc3nnc(CNC(=O)COc4cccc(C)c4)n3n2)cc1. The molecule has 2 aromatic carbocycles. The second kappa shape index (κ2) is 8.60. The van der Waals surface area contributed by atoms with E-state index in [-0.39, 0.29) is 19.1 Å². The molecule has 0 saturated heterocycles. The van der Waals surface area contributed by atoms with Gasteiger partial charge in [-0.25, -0.2) is 0 Å². The summed E-state index contributed by atoms with van der Waals surface area (Å²) in [6.07, 6.45) is 0. The maximum absolute atomic E-state index is 12.2. The summed E-state index contributed by atoms with van der Waals surface area (Å²) in [5, 5.41) is 15.6. The molecule has 0 atom stereocenters. The molecule has 1 amide bonds. The van der Waals surface area contributed by atoms with Gasteiger partial charge in [0.25, 0.3) is 5.91 Å². The van der Waals surface area contributed by atoms with Crippen molar-refractivity contribution in [1.82, 2.24) is 25.1 Å². The second-order valence-electron chi connectivity index (χ2n) is 6.72. The molecular weight excluding hydrogens is 382 g/mol. The van der Waals surface area contributed by atoms with E-state index >= 15 is 0 Å². The number of fused-ring (bicyclic) bond motifs is 1. The van der Waals surface area contributed by atoms with Crippen LogP contribution in [0.15, 0.2) is 60.7 Å². The first kappa shape index (κ1) is 19.4. The van der Waals surface area contributed by atoms with Gasteiger partial charge in [-0.1, -0.05) is 12.1 Å². The third-order valence-corrected chi connectivity index (χ3v) is 4.52. The van der Waals surface area contributed by atoms with Crippen LogP contribution in [0.1, 0.15) is 11.4 Å². The van der Waals surface area contributed by atoms with Crippen molar-refractivity contribution < 1.29 is 14.3 Å². The fraction of sp³-hybridized carbons (Fsp3) is 0.182. The minimum atomic E-state index is -0.250. The van der Waals surface area contributed by atoms with Gasteiger partial charge < -0.3 is 14.8 Å². The number of hydrogen-bond donors (Lipinski definition) is 1. The van der Waals surface area contributed by atoms with Gasteiger partial charge in [-0.05, 0) is 61.0 Å². The highest BCUT2D eigenvalue weighted by Crippen LogP contribution is 2.21. The van der Waals surface area contributed by atoms with Crippen LogP contribution in [-0.4, -0.2) is 39.4 Å². The highest BCUT2D eigenvalue weighted by molar-refractivity contribution is 5.77. The Morgan fingerprint density at radius 2 is 1.87 bits per heavy atom. The number of carbonyl (C=O) groups is 1. The van der Waals surface area contributed by atoms with E-state index in [0.717, 1.165) is 22.6 Å². The van der Waals surface area contributed by atoms with Crippen molar-refractivity contribution in [2.24, 2.45) is 0 Å². The van der Waals surface area contributed by atoms with Crippen LogP contribution in [0.2, 0.25) is 0 Å². The molecule has 0 saturated carbocycles. The van der Waals surface area contributed by atoms with Crippen LogP contribution in [0.4, 0.5) is 0 Å². The molecule has 152 valence electrons. The van der Waals surface area contributed by atoms with Crippen LogP contribution in [0.5, 0.6) is 11.5 Å². The summed E-state index contributed by atoms with van der Waals surface area (Å²) in [6, 6.07) is 18.9. The summed E-state index contributed by atoms with van der Waals surface area (Å²) in [6.45, 7) is 2.08. The summed E-state index contributed by atoms with van der Waals surface area (Å²) < 4.78 is 12.3. The van der Waals surface area contributed by atoms with Crippen LogP contribution in [0.3, 0.4) is 0 Å². The number of nitrogens with zero attached hydrogens (tertiary/aromatic N) is 4. The van der Waals surface area contributed by atoms with Crippen molar-refractivity contribution in [3.63, 3.8) is 0 Å². The van der Waals surface area contributed by atoms with E-state index in [0.29, 0.717) is 17.2 Å². The Kier molecular flexibility index (Phi) is 5.56. The van der Waals surface area contributed by atoms with Crippen LogP contribution in [0.25, 0.3) is 16.9 Å². The molecule has 0 aliphatic heterocycles. The van der Waals surface area contributed by atoms with Gasteiger partial charge in [0.15, 0.2) is 18.1 Å². The van der Waals surface area contributed by atoms with Crippen molar-refractivity contribution in [3.05, 3.63) is 72.1 Å². The quantitative estimate of drug-likeness (QED) is 0.510. The summed E-state index contributed by atoms with van der Waals surface area (Å²) >= 11 is 0. The lowest BCUT2D eigenvalue weighted by atomic mass is 10.1. The van der Waals surface area contributed by atoms with Gasteiger partial charge in [-0.15, -0.1) is 10.2 Å². The van der Waals surface area contributed by atoms with Crippen LogP contribution in [0, 0.1) is 6.92 Å². The zero-order chi connectivity index (χ0) is 20.9. The van der Waals surface area contributed by atoms with E-state index in [9.17, 15) is 4.79 Å². The normalized spacial score (nSPS) is 10.7. The molecule has 4 rings (SSSR count). The number of amides is 1. The number of rotatable bonds is 7. The van der Waals surface area contributed by atoms with E-state index in [2.05, 4.69) is 20.6 Å². The van der Waals surface area contributed by atoms with Gasteiger partial charge in [0, 0.05) is 5.56 Å². The first-order valence-electron chi connectivity index (χ1n) is 9.44. The van der Waals surface area contributed by atoms with Crippen LogP contribution < -0.4 is 14.8 Å². The fourth-order valence-corrected chi connectivity index (χ4v) is 2.94. The zero-order valence-electron chi connectivity index (χ0n) is 16.7. The van der Waals surface area contributed by atoms with E-state index in [1.54, 1.807) is 11.6 Å². The molecule has 0 fully saturated rings. The number of ether oxygens (including phenoxy) is 2. The Morgan fingerprint density at radius 3 is 2.63 bits per heavy atom. The second-order valence-corrected chi connectivity index (χ2v) is 6.72. The minimum Gasteiger partial charge on any atom is -0.497 e. The van der Waals surface area contributed by atoms with Crippen molar-refractivity contribution >= 4 is 11.6 Å². The lowest BCUT2D eigenvalue weighted by Gasteiger charge is -2.08. The number of carbonyl (C=O) groups excluding carboxylic acids is 1. The number of benzene rings is 2. The third-order valence-electron chi connectivity index (χ3n) is 4.52. The van der Waals surface area contributed by atoms with Crippen molar-refractivity contribution in [3.8, 4) is 22.8 Å². The summed E-state index contributed by atoms with van der Waals surface area (Å²) in [4.78, 5) is 12.2. The molecule has 2 heterocycles. The number of hydrogen-bond acceptors (Lipinski definition) is 6. The fourth-order valence-electron chi connectivity index (χ4n) is 2.94. The van der Waals surface area contributed by atoms with Gasteiger partial charge >= 0.3 is 0 Å². The Morgan fingerprint density at radius 1 is 1.03 bits per heavy atom. The predicted molar refractivity (Wildman–Crippen MR) is 111 cm³/mol. The maximum atomic E-state index is 12.2. The molecule has 0 bridgehead atoms. The van der Waals surface area contributed by atoms with Crippen molar-refractivity contribution in [2.75, 3.05) is 13.7 Å². The summed E-state index contributed by atoms with van der Waals surface area (Å²) in [5.74, 6) is 1.72. The number of aromatic nitrogens is 4. The van der Waals surface area contributed by atoms with Crippen molar-refractivity contribution in [1.29, 1.82) is 0 Å². The molecule has 1 N–H and O–H groups in total. The first-order valence-corrected chi connectivity index (χ1v) is 9.44. The molecule has 4 aromatic rings. The molecule has 2 aromatic heterocycles. The average molecular weight is 403 g/mol. The van der Waals surface area contributed by atoms with Gasteiger partial charge in [0.05, 0.1) is 19.3 Å². The molecule has 8 nitrogen and oxygen atoms in total. The van der Waals surface area contributed by atoms with E-state index < -0.39 is 0 Å². The van der Waals surface area contributed by atoms with Crippen molar-refractivity contribution in [2.45, 2.75) is 13.5 Å². The summed E-state index contributed by atoms with van der Waals surface area (Å²) in [5.41, 5.74) is 3.38. The number of methoxy groups -OCH3 is 1. The average Bonchev–Trinajstić information content (AvgIpc) is 3.18. The number of aryl methyl sites for hydroxylation is 1. The molecule has 0 radical (unpaired) electrons. The predicted octanol–water partition coefficient (Wildman–Crippen LogP) is 2.80. The Hall–Kier alpha value is -3.94. The standard InChI is InChI=1S/C22H21N5O3/c1-15-4-3-5-18(12-15)30-14-22(28)23-13-21-25-24-20-11-10-19(26-27(20)21)16-6-8-17(29-2)9-7-16/h3-12H,13-14H2,1-2H3,(H,23,28). The van der Waals surface area contributed by atoms with Crippen LogP contribution in [-0.2, 0) is 11.3 Å². The smallest absolute Gasteiger partial charge is 0.258 e. The molecule has 8 heteroatoms. The Balaban J connectivity index is 1.43. The lowest BCUT2D eigenvalue weighted by molar-refractivity contribution is -0.123. The first-order chi connectivity index (χ1) is 14.6. The van der Waals surface area contributed by atoms with Gasteiger partial charge in [0.1, 0.15) is 11.5 Å². The monoisotopic (exact) mass is 403 g/mol. The topological polar surface area (TPSA) is 90.6 Å². The Labute approximate surface area is 173 Å². The molecular formula is C22H21N5O3. The van der Waals surface area contributed by atoms with Crippen LogP contribution >= 0.6 is 0 Å².